The molecule has 0 unspecified atom stereocenters. The van der Waals surface area contributed by atoms with Crippen LogP contribution in [0, 0.1) is 0 Å². The number of thiocarbonyl (C=S) groups is 2. The molecule has 0 saturated heterocycles. The van der Waals surface area contributed by atoms with Crippen LogP contribution < -0.4 is 17.0 Å². The summed E-state index contributed by atoms with van der Waals surface area (Å²) < 4.78 is 0. The molecule has 7 N–H and O–H groups in total. The van der Waals surface area contributed by atoms with Crippen LogP contribution in [-0.2, 0) is 0 Å². The summed E-state index contributed by atoms with van der Waals surface area (Å²) in [7, 11) is 0. The van der Waals surface area contributed by atoms with E-state index in [0.29, 0.717) is 0 Å². The summed E-state index contributed by atoms with van der Waals surface area (Å²) in [4.78, 5) is 0. The summed E-state index contributed by atoms with van der Waals surface area (Å²) in [6.45, 7) is 0. The minimum atomic E-state index is -0.500. The zero-order chi connectivity index (χ0) is 7.86. The van der Waals surface area contributed by atoms with Gasteiger partial charge in [-0.1, -0.05) is 7.43 Å². The zero-order valence-corrected chi connectivity index (χ0v) is 6.00. The fourth-order valence-corrected chi connectivity index (χ4v) is 0. The van der Waals surface area contributed by atoms with Gasteiger partial charge in [-0.15, -0.1) is 0 Å². The molecule has 0 atom stereocenters. The van der Waals surface area contributed by atoms with Crippen molar-refractivity contribution in [3.8, 4) is 0 Å². The molecule has 0 aromatic carbocycles. The molecular formula is C3H12N3NaO2S2. The van der Waals surface area contributed by atoms with E-state index in [2.05, 4.69) is 36.0 Å². The standard InChI is InChI=1S/CH4N2OS.CH3NOS.CH4.Na.H/c2-3-1(4)5;2-1(3)4;;;/h2H2,(H2,3,4,5);(H3,2,3,4);1H4;;. The molecule has 0 aliphatic rings. The number of hydrogen-bond donors (Lipinski definition) is 5. The number of nitrogens with one attached hydrogen (secondary N) is 1. The van der Waals surface area contributed by atoms with Gasteiger partial charge in [0.2, 0.25) is 0 Å². The number of aliphatic hydroxyl groups is 2. The zero-order valence-electron chi connectivity index (χ0n) is 4.37. The van der Waals surface area contributed by atoms with Gasteiger partial charge in [-0.3, -0.25) is 5.43 Å². The van der Waals surface area contributed by atoms with Gasteiger partial charge in [-0.2, -0.15) is 0 Å². The Morgan fingerprint density at radius 1 is 1.27 bits per heavy atom. The molecule has 0 fully saturated rings. The van der Waals surface area contributed by atoms with Crippen LogP contribution in [0.5, 0.6) is 0 Å². The van der Waals surface area contributed by atoms with Gasteiger partial charge in [-0.25, -0.2) is 5.84 Å². The molecule has 8 heteroatoms. The number of aliphatic hydroxyl groups excluding tert-OH is 2. The summed E-state index contributed by atoms with van der Waals surface area (Å²) in [5, 5.41) is 14.5. The van der Waals surface area contributed by atoms with Gasteiger partial charge in [0.25, 0.3) is 10.3 Å². The van der Waals surface area contributed by atoms with Gasteiger partial charge < -0.3 is 15.9 Å². The fourth-order valence-electron chi connectivity index (χ4n) is 0. The number of hydrogen-bond acceptors (Lipinski definition) is 3. The van der Waals surface area contributed by atoms with E-state index in [1.165, 1.54) is 0 Å². The van der Waals surface area contributed by atoms with E-state index < -0.39 is 5.17 Å². The molecule has 0 amide bonds. The second kappa shape index (κ2) is 16.7. The summed E-state index contributed by atoms with van der Waals surface area (Å²) >= 11 is 7.89. The van der Waals surface area contributed by atoms with Crippen LogP contribution in [0.4, 0.5) is 0 Å². The summed E-state index contributed by atoms with van der Waals surface area (Å²) in [6, 6.07) is 0. The molecular weight excluding hydrogens is 197 g/mol. The van der Waals surface area contributed by atoms with Gasteiger partial charge in [0.05, 0.1) is 0 Å². The fraction of sp³-hybridized carbons (Fsp3) is 0.333. The third-order valence-corrected chi connectivity index (χ3v) is 0.241. The molecule has 0 saturated carbocycles. The molecule has 11 heavy (non-hydrogen) atoms. The first-order valence-electron chi connectivity index (χ1n) is 1.68. The van der Waals surface area contributed by atoms with E-state index in [-0.39, 0.29) is 42.2 Å². The summed E-state index contributed by atoms with van der Waals surface area (Å²) in [5.41, 5.74) is 6.21. The van der Waals surface area contributed by atoms with E-state index >= 15 is 0 Å². The molecule has 0 rings (SSSR count). The van der Waals surface area contributed by atoms with Crippen molar-refractivity contribution in [3.05, 3.63) is 0 Å². The molecule has 0 aliphatic heterocycles. The van der Waals surface area contributed by atoms with Crippen molar-refractivity contribution in [1.29, 1.82) is 0 Å². The van der Waals surface area contributed by atoms with Crippen LogP contribution in [0.15, 0.2) is 0 Å². The first-order chi connectivity index (χ1) is 4.00. The first kappa shape index (κ1) is 22.5. The molecule has 0 aromatic heterocycles. The number of rotatable bonds is 0. The Hall–Kier alpha value is 0.340. The van der Waals surface area contributed by atoms with Crippen molar-refractivity contribution in [2.45, 2.75) is 7.43 Å². The average Bonchev–Trinajstić information content (AvgIpc) is 1.65. The van der Waals surface area contributed by atoms with E-state index in [4.69, 9.17) is 10.2 Å². The summed E-state index contributed by atoms with van der Waals surface area (Å²) in [5.74, 6) is 4.53. The summed E-state index contributed by atoms with van der Waals surface area (Å²) in [6.07, 6.45) is 0. The monoisotopic (exact) mass is 209 g/mol. The maximum atomic E-state index is 7.86. The van der Waals surface area contributed by atoms with Crippen LogP contribution >= 0.6 is 24.4 Å². The van der Waals surface area contributed by atoms with Crippen molar-refractivity contribution >= 4 is 64.3 Å². The Morgan fingerprint density at radius 2 is 1.36 bits per heavy atom. The Bertz CT molecular complexity index is 109. The molecule has 64 valence electrons. The van der Waals surface area contributed by atoms with Crippen molar-refractivity contribution < 1.29 is 10.2 Å². The van der Waals surface area contributed by atoms with Gasteiger partial charge in [-0.05, 0) is 24.4 Å². The van der Waals surface area contributed by atoms with Crippen LogP contribution in [-0.4, -0.2) is 50.1 Å². The van der Waals surface area contributed by atoms with Gasteiger partial charge in [0.1, 0.15) is 0 Å². The maximum absolute atomic E-state index is 7.86. The predicted octanol–water partition coefficient (Wildman–Crippen LogP) is -0.932. The average molecular weight is 209 g/mol. The van der Waals surface area contributed by atoms with Crippen LogP contribution in [0.3, 0.4) is 0 Å². The van der Waals surface area contributed by atoms with Crippen LogP contribution in [0.25, 0.3) is 0 Å². The predicted molar refractivity (Wildman–Crippen MR) is 55.8 cm³/mol. The molecule has 0 spiro atoms. The SMILES string of the molecule is C.NC(O)=S.NNC(O)=S.[NaH]. The van der Waals surface area contributed by atoms with Gasteiger partial charge in [0.15, 0.2) is 0 Å². The second-order valence-corrected chi connectivity index (χ2v) is 1.59. The van der Waals surface area contributed by atoms with Crippen molar-refractivity contribution in [1.82, 2.24) is 5.43 Å². The van der Waals surface area contributed by atoms with E-state index in [1.807, 2.05) is 5.43 Å². The third-order valence-electron chi connectivity index (χ3n) is 0.123. The van der Waals surface area contributed by atoms with Gasteiger partial charge in [0, 0.05) is 0 Å². The van der Waals surface area contributed by atoms with Gasteiger partial charge >= 0.3 is 29.6 Å². The Kier molecular flexibility index (Phi) is 34.3. The molecule has 5 nitrogen and oxygen atoms in total. The minimum absolute atomic E-state index is 0. The second-order valence-electron chi connectivity index (χ2n) is 0.788. The topological polar surface area (TPSA) is 105 Å². The number of nitrogens with two attached hydrogens (primary N) is 2. The molecule has 0 radical (unpaired) electrons. The normalized spacial score (nSPS) is 5.18. The molecule has 0 aliphatic carbocycles. The van der Waals surface area contributed by atoms with Crippen LogP contribution in [0.2, 0.25) is 0 Å². The molecule has 0 aromatic rings. The van der Waals surface area contributed by atoms with Crippen LogP contribution in [0.1, 0.15) is 7.43 Å². The van der Waals surface area contributed by atoms with Crippen molar-refractivity contribution in [2.24, 2.45) is 11.6 Å². The molecule has 0 heterocycles. The Balaban J connectivity index is -0.0000000383. The van der Waals surface area contributed by atoms with Crippen molar-refractivity contribution in [2.75, 3.05) is 0 Å². The molecule has 0 bridgehead atoms. The van der Waals surface area contributed by atoms with E-state index in [9.17, 15) is 0 Å². The first-order valence-corrected chi connectivity index (χ1v) is 2.50. The Labute approximate surface area is 98.4 Å². The third kappa shape index (κ3) is 131. The van der Waals surface area contributed by atoms with E-state index in [0.717, 1.165) is 0 Å². The quantitative estimate of drug-likeness (QED) is 0.152. The van der Waals surface area contributed by atoms with Crippen molar-refractivity contribution in [3.63, 3.8) is 0 Å². The number of hydrazine groups is 1. The van der Waals surface area contributed by atoms with E-state index in [1.54, 1.807) is 0 Å². The Morgan fingerprint density at radius 3 is 1.36 bits per heavy atom.